The molecule has 0 amide bonds. The lowest BCUT2D eigenvalue weighted by Gasteiger charge is -2.27. The summed E-state index contributed by atoms with van der Waals surface area (Å²) in [6, 6.07) is 0. The van der Waals surface area contributed by atoms with Crippen LogP contribution < -0.4 is 0 Å². The highest BCUT2D eigenvalue weighted by molar-refractivity contribution is 7.09. The van der Waals surface area contributed by atoms with Gasteiger partial charge in [0.25, 0.3) is 0 Å². The Labute approximate surface area is 87.7 Å². The summed E-state index contributed by atoms with van der Waals surface area (Å²) in [5, 5.41) is 12.1. The van der Waals surface area contributed by atoms with Crippen molar-refractivity contribution in [1.29, 1.82) is 0 Å². The maximum atomic E-state index is 9.02. The van der Waals surface area contributed by atoms with E-state index < -0.39 is 0 Å². The molecule has 14 heavy (non-hydrogen) atoms. The first-order valence-electron chi connectivity index (χ1n) is 4.98. The van der Waals surface area contributed by atoms with E-state index in [1.807, 2.05) is 12.3 Å². The van der Waals surface area contributed by atoms with Crippen molar-refractivity contribution < 1.29 is 9.84 Å². The minimum Gasteiger partial charge on any atom is -0.394 e. The monoisotopic (exact) mass is 213 g/mol. The number of aliphatic hydroxyl groups is 1. The van der Waals surface area contributed by atoms with Crippen LogP contribution in [0.3, 0.4) is 0 Å². The molecule has 2 rings (SSSR count). The maximum absolute atomic E-state index is 9.02. The molecule has 4 heteroatoms. The van der Waals surface area contributed by atoms with Gasteiger partial charge in [-0.2, -0.15) is 0 Å². The highest BCUT2D eigenvalue weighted by Crippen LogP contribution is 2.32. The van der Waals surface area contributed by atoms with Gasteiger partial charge in [-0.05, 0) is 26.2 Å². The van der Waals surface area contributed by atoms with Crippen LogP contribution in [0.5, 0.6) is 0 Å². The summed E-state index contributed by atoms with van der Waals surface area (Å²) in [5.41, 5.74) is 1.06. The van der Waals surface area contributed by atoms with Gasteiger partial charge in [0.2, 0.25) is 0 Å². The predicted octanol–water partition coefficient (Wildman–Crippen LogP) is 2.05. The molecule has 78 valence electrons. The van der Waals surface area contributed by atoms with Crippen LogP contribution in [0.25, 0.3) is 0 Å². The van der Waals surface area contributed by atoms with Crippen molar-refractivity contribution in [2.75, 3.05) is 6.61 Å². The zero-order valence-electron chi connectivity index (χ0n) is 8.27. The first kappa shape index (κ1) is 10.1. The summed E-state index contributed by atoms with van der Waals surface area (Å²) in [7, 11) is 0. The van der Waals surface area contributed by atoms with Gasteiger partial charge in [-0.1, -0.05) is 0 Å². The molecule has 0 bridgehead atoms. The van der Waals surface area contributed by atoms with E-state index in [4.69, 9.17) is 9.84 Å². The van der Waals surface area contributed by atoms with Crippen molar-refractivity contribution in [2.45, 2.75) is 38.4 Å². The molecule has 2 heterocycles. The van der Waals surface area contributed by atoms with Crippen molar-refractivity contribution in [3.63, 3.8) is 0 Å². The Morgan fingerprint density at radius 1 is 1.64 bits per heavy atom. The summed E-state index contributed by atoms with van der Waals surface area (Å²) >= 11 is 1.65. The molecule has 0 aromatic carbocycles. The van der Waals surface area contributed by atoms with Gasteiger partial charge in [-0.25, -0.2) is 4.98 Å². The van der Waals surface area contributed by atoms with Gasteiger partial charge >= 0.3 is 0 Å². The Morgan fingerprint density at radius 3 is 3.14 bits per heavy atom. The molecule has 0 radical (unpaired) electrons. The zero-order valence-corrected chi connectivity index (χ0v) is 9.09. The van der Waals surface area contributed by atoms with Crippen LogP contribution in [0, 0.1) is 6.92 Å². The lowest BCUT2D eigenvalue weighted by molar-refractivity contribution is -0.0737. The van der Waals surface area contributed by atoms with Crippen LogP contribution >= 0.6 is 11.3 Å². The molecule has 0 spiro atoms. The fourth-order valence-electron chi connectivity index (χ4n) is 1.74. The number of thiazole rings is 1. The number of aliphatic hydroxyl groups excluding tert-OH is 1. The number of hydrogen-bond donors (Lipinski definition) is 1. The second-order valence-electron chi connectivity index (χ2n) is 3.69. The van der Waals surface area contributed by atoms with Crippen molar-refractivity contribution in [1.82, 2.24) is 4.98 Å². The minimum atomic E-state index is 0.0120. The molecule has 0 aliphatic carbocycles. The predicted molar refractivity (Wildman–Crippen MR) is 55.4 cm³/mol. The van der Waals surface area contributed by atoms with Crippen molar-refractivity contribution in [3.05, 3.63) is 16.1 Å². The first-order valence-corrected chi connectivity index (χ1v) is 5.86. The van der Waals surface area contributed by atoms with Crippen molar-refractivity contribution in [3.8, 4) is 0 Å². The van der Waals surface area contributed by atoms with E-state index in [2.05, 4.69) is 4.98 Å². The number of ether oxygens (including phenoxy) is 1. The van der Waals surface area contributed by atoms with Gasteiger partial charge in [-0.3, -0.25) is 0 Å². The molecule has 1 aromatic rings. The molecule has 1 aliphatic heterocycles. The third kappa shape index (κ3) is 2.13. The molecule has 1 aromatic heterocycles. The number of aryl methyl sites for hydroxylation is 1. The third-order valence-electron chi connectivity index (χ3n) is 2.46. The van der Waals surface area contributed by atoms with Crippen LogP contribution in [0.4, 0.5) is 0 Å². The van der Waals surface area contributed by atoms with Crippen molar-refractivity contribution >= 4 is 11.3 Å². The Hall–Kier alpha value is -0.450. The number of rotatable bonds is 2. The highest BCUT2D eigenvalue weighted by atomic mass is 32.1. The molecule has 0 saturated carbocycles. The smallest absolute Gasteiger partial charge is 0.122 e. The normalized spacial score (nSPS) is 27.9. The molecule has 1 saturated heterocycles. The molecule has 2 unspecified atom stereocenters. The van der Waals surface area contributed by atoms with Crippen LogP contribution in [0.15, 0.2) is 5.38 Å². The van der Waals surface area contributed by atoms with E-state index in [0.717, 1.165) is 30.0 Å². The lowest BCUT2D eigenvalue weighted by Crippen LogP contribution is -2.25. The van der Waals surface area contributed by atoms with Crippen LogP contribution in [0.2, 0.25) is 0 Å². The molecule has 2 atom stereocenters. The largest absolute Gasteiger partial charge is 0.394 e. The summed E-state index contributed by atoms with van der Waals surface area (Å²) < 4.78 is 5.73. The lowest BCUT2D eigenvalue weighted by atomic mass is 10.0. The summed E-state index contributed by atoms with van der Waals surface area (Å²) in [5.74, 6) is 0. The Kier molecular flexibility index (Phi) is 3.15. The summed E-state index contributed by atoms with van der Waals surface area (Å²) in [6.07, 6.45) is 3.24. The SMILES string of the molecule is Cc1csc(C2CCCC(CO)O2)n1. The number of nitrogens with zero attached hydrogens (tertiary/aromatic N) is 1. The topological polar surface area (TPSA) is 42.4 Å². The number of hydrogen-bond acceptors (Lipinski definition) is 4. The van der Waals surface area contributed by atoms with E-state index >= 15 is 0 Å². The second kappa shape index (κ2) is 4.38. The number of aromatic nitrogens is 1. The first-order chi connectivity index (χ1) is 6.79. The van der Waals surface area contributed by atoms with E-state index in [1.54, 1.807) is 11.3 Å². The Balaban J connectivity index is 2.04. The van der Waals surface area contributed by atoms with Gasteiger partial charge in [0.1, 0.15) is 11.1 Å². The fraction of sp³-hybridized carbons (Fsp3) is 0.700. The fourth-order valence-corrected chi connectivity index (χ4v) is 2.60. The molecular formula is C10H15NO2S. The van der Waals surface area contributed by atoms with E-state index in [0.29, 0.717) is 0 Å². The molecule has 1 aliphatic rings. The van der Waals surface area contributed by atoms with Gasteiger partial charge in [0.15, 0.2) is 0 Å². The maximum Gasteiger partial charge on any atom is 0.122 e. The van der Waals surface area contributed by atoms with Crippen LogP contribution in [-0.4, -0.2) is 22.8 Å². The van der Waals surface area contributed by atoms with Gasteiger partial charge < -0.3 is 9.84 Å². The summed E-state index contributed by atoms with van der Waals surface area (Å²) in [6.45, 7) is 2.12. The highest BCUT2D eigenvalue weighted by Gasteiger charge is 2.24. The minimum absolute atomic E-state index is 0.0120. The summed E-state index contributed by atoms with van der Waals surface area (Å²) in [4.78, 5) is 4.41. The van der Waals surface area contributed by atoms with Gasteiger partial charge in [0, 0.05) is 11.1 Å². The standard InChI is InChI=1S/C10H15NO2S/c1-7-6-14-10(11-7)9-4-2-3-8(5-12)13-9/h6,8-9,12H,2-5H2,1H3. The molecule has 1 fully saturated rings. The molecule has 1 N–H and O–H groups in total. The Bertz CT molecular complexity index is 300. The average molecular weight is 213 g/mol. The van der Waals surface area contributed by atoms with E-state index in [9.17, 15) is 0 Å². The van der Waals surface area contributed by atoms with Crippen LogP contribution in [0.1, 0.15) is 36.1 Å². The quantitative estimate of drug-likeness (QED) is 0.817. The zero-order chi connectivity index (χ0) is 9.97. The molecule has 3 nitrogen and oxygen atoms in total. The van der Waals surface area contributed by atoms with Crippen LogP contribution in [-0.2, 0) is 4.74 Å². The second-order valence-corrected chi connectivity index (χ2v) is 4.58. The third-order valence-corrected chi connectivity index (χ3v) is 3.52. The average Bonchev–Trinajstić information content (AvgIpc) is 2.65. The van der Waals surface area contributed by atoms with Gasteiger partial charge in [0.05, 0.1) is 12.7 Å². The van der Waals surface area contributed by atoms with E-state index in [1.165, 1.54) is 0 Å². The Morgan fingerprint density at radius 2 is 2.50 bits per heavy atom. The van der Waals surface area contributed by atoms with Crippen molar-refractivity contribution in [2.24, 2.45) is 0 Å². The van der Waals surface area contributed by atoms with E-state index in [-0.39, 0.29) is 18.8 Å². The molecular weight excluding hydrogens is 198 g/mol. The van der Waals surface area contributed by atoms with Gasteiger partial charge in [-0.15, -0.1) is 11.3 Å².